The van der Waals surface area contributed by atoms with Crippen molar-refractivity contribution in [3.05, 3.63) is 23.8 Å². The number of anilines is 1. The Hall–Kier alpha value is -2.04. The van der Waals surface area contributed by atoms with Crippen LogP contribution < -0.4 is 10.1 Å². The van der Waals surface area contributed by atoms with E-state index < -0.39 is 11.4 Å². The van der Waals surface area contributed by atoms with Gasteiger partial charge >= 0.3 is 5.97 Å². The Morgan fingerprint density at radius 1 is 1.35 bits per heavy atom. The summed E-state index contributed by atoms with van der Waals surface area (Å²) in [6, 6.07) is 5.53. The highest BCUT2D eigenvalue weighted by atomic mass is 16.5. The van der Waals surface area contributed by atoms with Crippen LogP contribution in [-0.4, -0.2) is 23.6 Å². The molecule has 0 radical (unpaired) electrons. The summed E-state index contributed by atoms with van der Waals surface area (Å²) < 4.78 is 5.41. The molecular weight excluding hydrogens is 258 g/mol. The summed E-state index contributed by atoms with van der Waals surface area (Å²) in [7, 11) is 0. The van der Waals surface area contributed by atoms with Gasteiger partial charge in [0.15, 0.2) is 0 Å². The van der Waals surface area contributed by atoms with Crippen LogP contribution in [0.15, 0.2) is 18.2 Å². The average molecular weight is 275 g/mol. The van der Waals surface area contributed by atoms with Crippen molar-refractivity contribution < 1.29 is 19.4 Å². The first-order chi connectivity index (χ1) is 9.59. The summed E-state index contributed by atoms with van der Waals surface area (Å²) >= 11 is 0. The maximum Gasteiger partial charge on any atom is 0.310 e. The number of benzene rings is 1. The first kappa shape index (κ1) is 13.0. The minimum Gasteiger partial charge on any atom is -0.493 e. The molecule has 1 aromatic rings. The van der Waals surface area contributed by atoms with Crippen LogP contribution in [0.3, 0.4) is 0 Å². The normalized spacial score (nSPS) is 18.6. The number of nitrogens with one attached hydrogen (secondary N) is 1. The maximum atomic E-state index is 12.0. The van der Waals surface area contributed by atoms with Crippen LogP contribution in [0, 0.1) is 5.41 Å². The van der Waals surface area contributed by atoms with E-state index in [9.17, 15) is 14.7 Å². The minimum absolute atomic E-state index is 0.0515. The zero-order valence-electron chi connectivity index (χ0n) is 11.1. The molecule has 1 aromatic carbocycles. The lowest BCUT2D eigenvalue weighted by Gasteiger charge is -2.36. The van der Waals surface area contributed by atoms with Gasteiger partial charge in [-0.1, -0.05) is 6.42 Å². The second-order valence-corrected chi connectivity index (χ2v) is 5.58. The van der Waals surface area contributed by atoms with Gasteiger partial charge in [-0.05, 0) is 36.6 Å². The van der Waals surface area contributed by atoms with Gasteiger partial charge in [-0.3, -0.25) is 9.59 Å². The van der Waals surface area contributed by atoms with Crippen molar-refractivity contribution in [1.82, 2.24) is 0 Å². The number of fused-ring (bicyclic) bond motifs is 1. The second-order valence-electron chi connectivity index (χ2n) is 5.58. The van der Waals surface area contributed by atoms with Gasteiger partial charge in [0.25, 0.3) is 0 Å². The van der Waals surface area contributed by atoms with Crippen LogP contribution in [0.25, 0.3) is 0 Å². The molecule has 0 atom stereocenters. The van der Waals surface area contributed by atoms with Gasteiger partial charge in [0.05, 0.1) is 12.0 Å². The average Bonchev–Trinajstić information content (AvgIpc) is 2.80. The number of amides is 1. The number of aliphatic carboxylic acids is 1. The molecule has 0 bridgehead atoms. The summed E-state index contributed by atoms with van der Waals surface area (Å²) in [6.07, 6.45) is 2.96. The van der Waals surface area contributed by atoms with E-state index in [2.05, 4.69) is 5.32 Å². The van der Waals surface area contributed by atoms with Crippen molar-refractivity contribution in [3.63, 3.8) is 0 Å². The molecule has 1 fully saturated rings. The predicted octanol–water partition coefficient (Wildman–Crippen LogP) is 2.21. The van der Waals surface area contributed by atoms with E-state index in [1.807, 2.05) is 12.1 Å². The Balaban J connectivity index is 1.66. The van der Waals surface area contributed by atoms with Gasteiger partial charge < -0.3 is 15.2 Å². The molecule has 1 saturated carbocycles. The van der Waals surface area contributed by atoms with Gasteiger partial charge in [0.2, 0.25) is 5.91 Å². The highest BCUT2D eigenvalue weighted by molar-refractivity contribution is 5.94. The number of carbonyl (C=O) groups excluding carboxylic acids is 1. The molecule has 3 rings (SSSR count). The summed E-state index contributed by atoms with van der Waals surface area (Å²) in [5, 5.41) is 12.0. The Kier molecular flexibility index (Phi) is 3.12. The monoisotopic (exact) mass is 275 g/mol. The van der Waals surface area contributed by atoms with E-state index in [0.29, 0.717) is 25.1 Å². The third-order valence-corrected chi connectivity index (χ3v) is 4.24. The smallest absolute Gasteiger partial charge is 0.310 e. The van der Waals surface area contributed by atoms with Crippen molar-refractivity contribution in [3.8, 4) is 5.75 Å². The number of carboxylic acid groups (broad SMARTS) is 1. The molecule has 5 nitrogen and oxygen atoms in total. The van der Waals surface area contributed by atoms with Crippen LogP contribution in [0.2, 0.25) is 0 Å². The zero-order valence-corrected chi connectivity index (χ0v) is 11.1. The summed E-state index contributed by atoms with van der Waals surface area (Å²) in [4.78, 5) is 23.3. The van der Waals surface area contributed by atoms with Gasteiger partial charge in [-0.2, -0.15) is 0 Å². The highest BCUT2D eigenvalue weighted by Crippen LogP contribution is 2.44. The van der Waals surface area contributed by atoms with E-state index in [0.717, 1.165) is 24.2 Å². The molecule has 0 unspecified atom stereocenters. The quantitative estimate of drug-likeness (QED) is 0.883. The largest absolute Gasteiger partial charge is 0.493 e. The van der Waals surface area contributed by atoms with Crippen LogP contribution in [0.1, 0.15) is 31.2 Å². The molecule has 106 valence electrons. The first-order valence-corrected chi connectivity index (χ1v) is 6.88. The second kappa shape index (κ2) is 4.81. The molecule has 2 aliphatic rings. The molecular formula is C15H17NO4. The Labute approximate surface area is 116 Å². The molecule has 0 saturated heterocycles. The molecule has 1 amide bonds. The van der Waals surface area contributed by atoms with Crippen LogP contribution in [0.5, 0.6) is 5.75 Å². The van der Waals surface area contributed by atoms with Gasteiger partial charge in [-0.25, -0.2) is 0 Å². The fourth-order valence-corrected chi connectivity index (χ4v) is 2.85. The number of carboxylic acids is 1. The Morgan fingerprint density at radius 3 is 2.80 bits per heavy atom. The van der Waals surface area contributed by atoms with Crippen molar-refractivity contribution in [1.29, 1.82) is 0 Å². The van der Waals surface area contributed by atoms with Crippen LogP contribution >= 0.6 is 0 Å². The predicted molar refractivity (Wildman–Crippen MR) is 72.8 cm³/mol. The Bertz CT molecular complexity index is 563. The molecule has 1 aliphatic heterocycles. The van der Waals surface area contributed by atoms with Crippen molar-refractivity contribution in [2.45, 2.75) is 32.1 Å². The lowest BCUT2D eigenvalue weighted by Crippen LogP contribution is -2.41. The SMILES string of the molecule is O=C(CC1(C(=O)O)CCC1)Nc1ccc2c(c1)CCO2. The molecule has 1 aliphatic carbocycles. The number of hydrogen-bond acceptors (Lipinski definition) is 3. The number of rotatable bonds is 4. The van der Waals surface area contributed by atoms with E-state index in [4.69, 9.17) is 4.74 Å². The van der Waals surface area contributed by atoms with Crippen LogP contribution in [0.4, 0.5) is 5.69 Å². The lowest BCUT2D eigenvalue weighted by molar-refractivity contribution is -0.157. The minimum atomic E-state index is -0.860. The van der Waals surface area contributed by atoms with Gasteiger partial charge in [0.1, 0.15) is 5.75 Å². The summed E-state index contributed by atoms with van der Waals surface area (Å²) in [5.74, 6) is -0.226. The van der Waals surface area contributed by atoms with Crippen LogP contribution in [-0.2, 0) is 16.0 Å². The molecule has 2 N–H and O–H groups in total. The fourth-order valence-electron chi connectivity index (χ4n) is 2.85. The molecule has 1 heterocycles. The third kappa shape index (κ3) is 2.24. The van der Waals surface area contributed by atoms with E-state index >= 15 is 0 Å². The molecule has 0 spiro atoms. The number of carbonyl (C=O) groups is 2. The van der Waals surface area contributed by atoms with E-state index in [1.165, 1.54) is 0 Å². The Morgan fingerprint density at radius 2 is 2.15 bits per heavy atom. The highest BCUT2D eigenvalue weighted by Gasteiger charge is 2.45. The van der Waals surface area contributed by atoms with Crippen molar-refractivity contribution in [2.75, 3.05) is 11.9 Å². The topological polar surface area (TPSA) is 75.6 Å². The van der Waals surface area contributed by atoms with E-state index in [-0.39, 0.29) is 12.3 Å². The van der Waals surface area contributed by atoms with Gasteiger partial charge in [0, 0.05) is 18.5 Å². The third-order valence-electron chi connectivity index (χ3n) is 4.24. The number of ether oxygens (including phenoxy) is 1. The van der Waals surface area contributed by atoms with Gasteiger partial charge in [-0.15, -0.1) is 0 Å². The van der Waals surface area contributed by atoms with Crippen molar-refractivity contribution in [2.24, 2.45) is 5.41 Å². The summed E-state index contributed by atoms with van der Waals surface area (Å²) in [5.41, 5.74) is 0.947. The number of hydrogen-bond donors (Lipinski definition) is 2. The lowest BCUT2D eigenvalue weighted by atomic mass is 9.66. The molecule has 5 heteroatoms. The summed E-state index contributed by atoms with van der Waals surface area (Å²) in [6.45, 7) is 0.675. The van der Waals surface area contributed by atoms with E-state index in [1.54, 1.807) is 6.07 Å². The maximum absolute atomic E-state index is 12.0. The standard InChI is InChI=1S/C15H17NO4/c17-13(9-15(14(18)19)5-1-6-15)16-11-2-3-12-10(8-11)4-7-20-12/h2-3,8H,1,4-7,9H2,(H,16,17)(H,18,19). The zero-order chi connectivity index (χ0) is 14.2. The molecule has 0 aromatic heterocycles. The molecule has 20 heavy (non-hydrogen) atoms. The van der Waals surface area contributed by atoms with Crippen molar-refractivity contribution >= 4 is 17.6 Å². The fraction of sp³-hybridized carbons (Fsp3) is 0.467. The first-order valence-electron chi connectivity index (χ1n) is 6.88.